The lowest BCUT2D eigenvalue weighted by Gasteiger charge is -2.19. The molecule has 2 amide bonds. The summed E-state index contributed by atoms with van der Waals surface area (Å²) < 4.78 is 17.4. The molecule has 10 nitrogen and oxygen atoms in total. The first-order chi connectivity index (χ1) is 18.7. The van der Waals surface area contributed by atoms with E-state index < -0.39 is 17.9 Å². The van der Waals surface area contributed by atoms with Crippen molar-refractivity contribution >= 4 is 29.4 Å². The number of hydrogen-bond donors (Lipinski definition) is 2. The Kier molecular flexibility index (Phi) is 10.3. The number of ether oxygens (including phenoxy) is 3. The fourth-order valence-corrected chi connectivity index (χ4v) is 4.24. The molecule has 1 unspecified atom stereocenters. The number of halogens is 1. The number of amides is 2. The van der Waals surface area contributed by atoms with E-state index in [2.05, 4.69) is 20.5 Å². The van der Waals surface area contributed by atoms with Gasteiger partial charge in [-0.25, -0.2) is 4.68 Å². The van der Waals surface area contributed by atoms with Gasteiger partial charge in [-0.05, 0) is 54.8 Å². The maximum atomic E-state index is 13.4. The highest BCUT2D eigenvalue weighted by Gasteiger charge is 2.25. The van der Waals surface area contributed by atoms with Gasteiger partial charge in [0.1, 0.15) is 18.0 Å². The number of nitrogens with zero attached hydrogens (tertiary/aromatic N) is 2. The molecule has 3 aromatic rings. The Labute approximate surface area is 232 Å². The van der Waals surface area contributed by atoms with Gasteiger partial charge in [-0.3, -0.25) is 14.4 Å². The molecule has 0 spiro atoms. The lowest BCUT2D eigenvalue weighted by Crippen LogP contribution is -2.41. The lowest BCUT2D eigenvalue weighted by molar-refractivity contribution is -0.141. The number of benzene rings is 2. The van der Waals surface area contributed by atoms with Crippen LogP contribution in [-0.2, 0) is 14.3 Å². The number of nitrogens with one attached hydrogen (secondary N) is 2. The average Bonchev–Trinajstić information content (AvgIpc) is 3.36. The number of rotatable bonds is 12. The molecule has 2 N–H and O–H groups in total. The molecule has 11 heteroatoms. The summed E-state index contributed by atoms with van der Waals surface area (Å²) in [4.78, 5) is 37.3. The minimum atomic E-state index is -0.556. The van der Waals surface area contributed by atoms with Crippen molar-refractivity contribution in [1.82, 2.24) is 20.4 Å². The SMILES string of the molecule is COC(=O)CNC(=O)CC(CC(C)C)NC(=O)c1cc(-c2c(OC)cccc2OC)n(-c2ccc(Cl)cc2)n1. The van der Waals surface area contributed by atoms with Crippen molar-refractivity contribution < 1.29 is 28.6 Å². The van der Waals surface area contributed by atoms with Gasteiger partial charge in [0.2, 0.25) is 5.91 Å². The predicted octanol–water partition coefficient (Wildman–Crippen LogP) is 4.03. The second-order valence-corrected chi connectivity index (χ2v) is 9.63. The number of hydrogen-bond acceptors (Lipinski definition) is 7. The number of carbonyl (C=O) groups is 3. The molecule has 0 aliphatic heterocycles. The van der Waals surface area contributed by atoms with Gasteiger partial charge in [0, 0.05) is 17.5 Å². The van der Waals surface area contributed by atoms with Crippen LogP contribution in [0.25, 0.3) is 16.9 Å². The molecule has 1 heterocycles. The normalized spacial score (nSPS) is 11.6. The summed E-state index contributed by atoms with van der Waals surface area (Å²) in [6.07, 6.45) is 0.536. The molecule has 208 valence electrons. The standard InChI is InChI=1S/C28H33ClN4O6/c1-17(2)13-19(14-25(34)30-16-26(35)39-5)31-28(36)21-15-22(27-23(37-3)7-6-8-24(27)38-4)33(32-21)20-11-9-18(29)10-12-20/h6-12,15,17,19H,13-14,16H2,1-5H3,(H,30,34)(H,31,36). The molecule has 0 aliphatic carbocycles. The zero-order valence-electron chi connectivity index (χ0n) is 22.6. The summed E-state index contributed by atoms with van der Waals surface area (Å²) in [5, 5.41) is 10.6. The van der Waals surface area contributed by atoms with E-state index in [1.807, 2.05) is 13.8 Å². The zero-order chi connectivity index (χ0) is 28.5. The zero-order valence-corrected chi connectivity index (χ0v) is 23.4. The summed E-state index contributed by atoms with van der Waals surface area (Å²) in [5.74, 6) is -0.113. The molecule has 0 radical (unpaired) electrons. The van der Waals surface area contributed by atoms with E-state index in [-0.39, 0.29) is 30.5 Å². The molecule has 3 rings (SSSR count). The van der Waals surface area contributed by atoms with Crippen LogP contribution in [-0.4, -0.2) is 61.5 Å². The molecule has 1 atom stereocenters. The second-order valence-electron chi connectivity index (χ2n) is 9.20. The van der Waals surface area contributed by atoms with Gasteiger partial charge in [0.15, 0.2) is 5.69 Å². The van der Waals surface area contributed by atoms with E-state index in [1.165, 1.54) is 7.11 Å². The predicted molar refractivity (Wildman–Crippen MR) is 147 cm³/mol. The van der Waals surface area contributed by atoms with Gasteiger partial charge >= 0.3 is 5.97 Å². The van der Waals surface area contributed by atoms with E-state index in [9.17, 15) is 14.4 Å². The Bertz CT molecular complexity index is 1280. The summed E-state index contributed by atoms with van der Waals surface area (Å²) in [7, 11) is 4.35. The van der Waals surface area contributed by atoms with Crippen molar-refractivity contribution in [1.29, 1.82) is 0 Å². The number of carbonyl (C=O) groups excluding carboxylic acids is 3. The van der Waals surface area contributed by atoms with E-state index in [4.69, 9.17) is 21.1 Å². The Morgan fingerprint density at radius 2 is 1.64 bits per heavy atom. The first-order valence-corrected chi connectivity index (χ1v) is 12.8. The fraction of sp³-hybridized carbons (Fsp3) is 0.357. The Morgan fingerprint density at radius 1 is 1.00 bits per heavy atom. The van der Waals surface area contributed by atoms with Crippen LogP contribution in [0.4, 0.5) is 0 Å². The summed E-state index contributed by atoms with van der Waals surface area (Å²) in [6.45, 7) is 3.74. The van der Waals surface area contributed by atoms with Crippen molar-refractivity contribution in [3.63, 3.8) is 0 Å². The third-order valence-electron chi connectivity index (χ3n) is 5.88. The molecule has 0 saturated carbocycles. The molecule has 39 heavy (non-hydrogen) atoms. The molecular formula is C28H33ClN4O6. The Balaban J connectivity index is 1.98. The van der Waals surface area contributed by atoms with Crippen molar-refractivity contribution in [3.05, 3.63) is 59.2 Å². The van der Waals surface area contributed by atoms with Crippen LogP contribution in [0.1, 0.15) is 37.2 Å². The van der Waals surface area contributed by atoms with E-state index in [0.29, 0.717) is 39.9 Å². The fourth-order valence-electron chi connectivity index (χ4n) is 4.11. The highest BCUT2D eigenvalue weighted by molar-refractivity contribution is 6.30. The second kappa shape index (κ2) is 13.7. The quantitative estimate of drug-likeness (QED) is 0.323. The van der Waals surface area contributed by atoms with Crippen molar-refractivity contribution in [2.75, 3.05) is 27.9 Å². The van der Waals surface area contributed by atoms with Crippen LogP contribution in [0.15, 0.2) is 48.5 Å². The van der Waals surface area contributed by atoms with Gasteiger partial charge in [0.25, 0.3) is 5.91 Å². The van der Waals surface area contributed by atoms with Gasteiger partial charge in [-0.15, -0.1) is 0 Å². The highest BCUT2D eigenvalue weighted by atomic mass is 35.5. The van der Waals surface area contributed by atoms with Gasteiger partial charge in [-0.2, -0.15) is 5.10 Å². The first-order valence-electron chi connectivity index (χ1n) is 12.4. The summed E-state index contributed by atoms with van der Waals surface area (Å²) in [6, 6.07) is 13.6. The minimum absolute atomic E-state index is 0.00794. The van der Waals surface area contributed by atoms with Crippen LogP contribution in [0.2, 0.25) is 5.02 Å². The first kappa shape index (κ1) is 29.5. The molecule has 0 fully saturated rings. The third-order valence-corrected chi connectivity index (χ3v) is 6.13. The molecule has 0 bridgehead atoms. The third kappa shape index (κ3) is 7.73. The van der Waals surface area contributed by atoms with Crippen molar-refractivity contribution in [2.24, 2.45) is 5.92 Å². The van der Waals surface area contributed by atoms with Crippen molar-refractivity contribution in [3.8, 4) is 28.4 Å². The Hall–Kier alpha value is -4.05. The van der Waals surface area contributed by atoms with E-state index in [1.54, 1.807) is 67.4 Å². The highest BCUT2D eigenvalue weighted by Crippen LogP contribution is 2.39. The van der Waals surface area contributed by atoms with Crippen LogP contribution < -0.4 is 20.1 Å². The van der Waals surface area contributed by atoms with Gasteiger partial charge in [0.05, 0.1) is 38.3 Å². The Morgan fingerprint density at radius 3 is 2.21 bits per heavy atom. The van der Waals surface area contributed by atoms with Crippen LogP contribution >= 0.6 is 11.6 Å². The smallest absolute Gasteiger partial charge is 0.325 e. The molecule has 0 aliphatic rings. The van der Waals surface area contributed by atoms with Gasteiger partial charge < -0.3 is 24.8 Å². The molecular weight excluding hydrogens is 524 g/mol. The number of esters is 1. The molecule has 0 saturated heterocycles. The largest absolute Gasteiger partial charge is 0.496 e. The summed E-state index contributed by atoms with van der Waals surface area (Å²) in [5.41, 5.74) is 1.98. The molecule has 1 aromatic heterocycles. The summed E-state index contributed by atoms with van der Waals surface area (Å²) >= 11 is 6.10. The monoisotopic (exact) mass is 556 g/mol. The van der Waals surface area contributed by atoms with Crippen LogP contribution in [0, 0.1) is 5.92 Å². The average molecular weight is 557 g/mol. The van der Waals surface area contributed by atoms with E-state index >= 15 is 0 Å². The lowest BCUT2D eigenvalue weighted by atomic mass is 10.0. The number of methoxy groups -OCH3 is 3. The molecule has 2 aromatic carbocycles. The van der Waals surface area contributed by atoms with Crippen molar-refractivity contribution in [2.45, 2.75) is 32.7 Å². The van der Waals surface area contributed by atoms with Crippen LogP contribution in [0.5, 0.6) is 11.5 Å². The van der Waals surface area contributed by atoms with Crippen LogP contribution in [0.3, 0.4) is 0 Å². The minimum Gasteiger partial charge on any atom is -0.496 e. The van der Waals surface area contributed by atoms with E-state index in [0.717, 1.165) is 0 Å². The maximum absolute atomic E-state index is 13.4. The number of aromatic nitrogens is 2. The topological polar surface area (TPSA) is 121 Å². The van der Waals surface area contributed by atoms with Gasteiger partial charge in [-0.1, -0.05) is 31.5 Å². The maximum Gasteiger partial charge on any atom is 0.325 e.